The number of benzene rings is 2. The molecule has 2 N–H and O–H groups in total. The summed E-state index contributed by atoms with van der Waals surface area (Å²) >= 11 is 0. The van der Waals surface area contributed by atoms with E-state index in [9.17, 15) is 4.79 Å². The van der Waals surface area contributed by atoms with Gasteiger partial charge in [-0.2, -0.15) is 0 Å². The molecule has 0 aliphatic heterocycles. The summed E-state index contributed by atoms with van der Waals surface area (Å²) in [7, 11) is 0. The van der Waals surface area contributed by atoms with Crippen molar-refractivity contribution in [3.63, 3.8) is 0 Å². The Hall–Kier alpha value is -2.33. The number of hydrogen-bond acceptors (Lipinski definition) is 3. The summed E-state index contributed by atoms with van der Waals surface area (Å²) in [4.78, 5) is 10.1. The molecule has 116 valence electrons. The number of amides is 1. The summed E-state index contributed by atoms with van der Waals surface area (Å²) in [6, 6.07) is 18.5. The first-order chi connectivity index (χ1) is 10.9. The van der Waals surface area contributed by atoms with Crippen LogP contribution in [0.2, 0.25) is 0 Å². The van der Waals surface area contributed by atoms with Crippen molar-refractivity contribution in [2.45, 2.75) is 6.42 Å². The Bertz CT molecular complexity index is 558. The molecule has 0 saturated carbocycles. The Morgan fingerprint density at radius 3 is 2.50 bits per heavy atom. The van der Waals surface area contributed by atoms with Gasteiger partial charge in [-0.05, 0) is 17.2 Å². The first kappa shape index (κ1) is 16.0. The fraction of sp³-hybridized carbons (Fsp3) is 0.278. The van der Waals surface area contributed by atoms with Crippen LogP contribution in [0.3, 0.4) is 0 Å². The Kier molecular flexibility index (Phi) is 6.99. The average Bonchev–Trinajstić information content (AvgIpc) is 2.56. The van der Waals surface area contributed by atoms with Crippen molar-refractivity contribution < 1.29 is 9.53 Å². The van der Waals surface area contributed by atoms with Crippen molar-refractivity contribution in [1.29, 1.82) is 0 Å². The zero-order chi connectivity index (χ0) is 15.5. The van der Waals surface area contributed by atoms with Gasteiger partial charge in [0.25, 0.3) is 0 Å². The highest BCUT2D eigenvalue weighted by atomic mass is 16.5. The molecule has 2 aromatic rings. The molecule has 22 heavy (non-hydrogen) atoms. The summed E-state index contributed by atoms with van der Waals surface area (Å²) < 4.78 is 5.86. The fourth-order valence-corrected chi connectivity index (χ4v) is 2.18. The molecule has 0 aliphatic carbocycles. The Morgan fingerprint density at radius 2 is 1.68 bits per heavy atom. The molecule has 0 atom stereocenters. The molecular formula is C18H22N2O2. The van der Waals surface area contributed by atoms with Gasteiger partial charge in [0.15, 0.2) is 0 Å². The summed E-state index contributed by atoms with van der Waals surface area (Å²) in [6.07, 6.45) is 1.58. The molecule has 2 rings (SSSR count). The van der Waals surface area contributed by atoms with Gasteiger partial charge in [-0.25, -0.2) is 0 Å². The molecule has 0 aromatic heterocycles. The molecule has 2 aromatic carbocycles. The molecule has 4 heteroatoms. The second-order valence-electron chi connectivity index (χ2n) is 4.94. The van der Waals surface area contributed by atoms with Crippen LogP contribution in [0.1, 0.15) is 11.1 Å². The molecule has 0 aliphatic rings. The summed E-state index contributed by atoms with van der Waals surface area (Å²) in [5.41, 5.74) is 2.47. The number of rotatable bonds is 10. The lowest BCUT2D eigenvalue weighted by Crippen LogP contribution is -2.29. The molecule has 0 radical (unpaired) electrons. The van der Waals surface area contributed by atoms with Crippen LogP contribution >= 0.6 is 0 Å². The van der Waals surface area contributed by atoms with Crippen LogP contribution in [-0.2, 0) is 11.2 Å². The van der Waals surface area contributed by atoms with Gasteiger partial charge in [-0.1, -0.05) is 48.5 Å². The SMILES string of the molecule is O=CNCCNCCOc1ccccc1Cc1ccccc1. The van der Waals surface area contributed by atoms with E-state index in [1.165, 1.54) is 11.1 Å². The third kappa shape index (κ3) is 5.58. The van der Waals surface area contributed by atoms with Gasteiger partial charge in [0.2, 0.25) is 6.41 Å². The monoisotopic (exact) mass is 298 g/mol. The quantitative estimate of drug-likeness (QED) is 0.521. The topological polar surface area (TPSA) is 50.4 Å². The molecular weight excluding hydrogens is 276 g/mol. The molecule has 1 amide bonds. The normalized spacial score (nSPS) is 10.2. The molecule has 0 bridgehead atoms. The largest absolute Gasteiger partial charge is 0.492 e. The van der Waals surface area contributed by atoms with Gasteiger partial charge in [-0.3, -0.25) is 4.79 Å². The van der Waals surface area contributed by atoms with Crippen molar-refractivity contribution in [2.24, 2.45) is 0 Å². The van der Waals surface area contributed by atoms with Crippen molar-refractivity contribution in [3.8, 4) is 5.75 Å². The number of carbonyl (C=O) groups excluding carboxylic acids is 1. The van der Waals surface area contributed by atoms with Gasteiger partial charge >= 0.3 is 0 Å². The maximum Gasteiger partial charge on any atom is 0.207 e. The number of carbonyl (C=O) groups is 1. The van der Waals surface area contributed by atoms with Gasteiger partial charge in [-0.15, -0.1) is 0 Å². The minimum absolute atomic E-state index is 0.604. The summed E-state index contributed by atoms with van der Waals surface area (Å²) in [5, 5.41) is 5.82. The Balaban J connectivity index is 1.80. The predicted octanol–water partition coefficient (Wildman–Crippen LogP) is 1.99. The minimum Gasteiger partial charge on any atom is -0.492 e. The van der Waals surface area contributed by atoms with Crippen LogP contribution in [0.25, 0.3) is 0 Å². The van der Waals surface area contributed by atoms with Gasteiger partial charge in [0, 0.05) is 26.1 Å². The smallest absolute Gasteiger partial charge is 0.207 e. The molecule has 0 heterocycles. The number of ether oxygens (including phenoxy) is 1. The molecule has 0 saturated heterocycles. The molecule has 0 spiro atoms. The van der Waals surface area contributed by atoms with Crippen LogP contribution in [-0.4, -0.2) is 32.7 Å². The third-order valence-electron chi connectivity index (χ3n) is 3.28. The second-order valence-corrected chi connectivity index (χ2v) is 4.94. The van der Waals surface area contributed by atoms with Crippen LogP contribution < -0.4 is 15.4 Å². The van der Waals surface area contributed by atoms with E-state index in [2.05, 4.69) is 41.0 Å². The summed E-state index contributed by atoms with van der Waals surface area (Å²) in [6.45, 7) is 2.73. The van der Waals surface area contributed by atoms with Crippen LogP contribution in [0.15, 0.2) is 54.6 Å². The lowest BCUT2D eigenvalue weighted by Gasteiger charge is -2.12. The maximum atomic E-state index is 10.1. The van der Waals surface area contributed by atoms with E-state index in [1.54, 1.807) is 0 Å². The maximum absolute atomic E-state index is 10.1. The van der Waals surface area contributed by atoms with Crippen LogP contribution in [0.4, 0.5) is 0 Å². The van der Waals surface area contributed by atoms with Crippen molar-refractivity contribution in [2.75, 3.05) is 26.2 Å². The van der Waals surface area contributed by atoms with E-state index < -0.39 is 0 Å². The minimum atomic E-state index is 0.604. The second kappa shape index (κ2) is 9.58. The van der Waals surface area contributed by atoms with E-state index in [4.69, 9.17) is 4.74 Å². The van der Waals surface area contributed by atoms with E-state index in [0.29, 0.717) is 19.6 Å². The number of para-hydroxylation sites is 1. The molecule has 0 fully saturated rings. The molecule has 4 nitrogen and oxygen atoms in total. The lowest BCUT2D eigenvalue weighted by atomic mass is 10.0. The fourth-order valence-electron chi connectivity index (χ4n) is 2.18. The average molecular weight is 298 g/mol. The van der Waals surface area contributed by atoms with Crippen molar-refractivity contribution >= 4 is 6.41 Å². The van der Waals surface area contributed by atoms with Gasteiger partial charge in [0.1, 0.15) is 12.4 Å². The highest BCUT2D eigenvalue weighted by molar-refractivity contribution is 5.45. The van der Waals surface area contributed by atoms with Crippen LogP contribution in [0, 0.1) is 0 Å². The van der Waals surface area contributed by atoms with Gasteiger partial charge in [0.05, 0.1) is 0 Å². The van der Waals surface area contributed by atoms with E-state index >= 15 is 0 Å². The zero-order valence-electron chi connectivity index (χ0n) is 12.6. The van der Waals surface area contributed by atoms with Gasteiger partial charge < -0.3 is 15.4 Å². The highest BCUT2D eigenvalue weighted by Crippen LogP contribution is 2.21. The van der Waals surface area contributed by atoms with Crippen molar-refractivity contribution in [3.05, 3.63) is 65.7 Å². The first-order valence-corrected chi connectivity index (χ1v) is 7.52. The predicted molar refractivity (Wildman–Crippen MR) is 88.1 cm³/mol. The lowest BCUT2D eigenvalue weighted by molar-refractivity contribution is -0.109. The Morgan fingerprint density at radius 1 is 0.909 bits per heavy atom. The summed E-state index contributed by atoms with van der Waals surface area (Å²) in [5.74, 6) is 0.930. The number of nitrogens with one attached hydrogen (secondary N) is 2. The van der Waals surface area contributed by atoms with Crippen molar-refractivity contribution in [1.82, 2.24) is 10.6 Å². The number of hydrogen-bond donors (Lipinski definition) is 2. The molecule has 0 unspecified atom stereocenters. The zero-order valence-corrected chi connectivity index (χ0v) is 12.6. The Labute approximate surface area is 131 Å². The van der Waals surface area contributed by atoms with E-state index in [0.717, 1.165) is 25.3 Å². The van der Waals surface area contributed by atoms with E-state index in [1.807, 2.05) is 24.3 Å². The highest BCUT2D eigenvalue weighted by Gasteiger charge is 2.03. The van der Waals surface area contributed by atoms with E-state index in [-0.39, 0.29) is 0 Å². The first-order valence-electron chi connectivity index (χ1n) is 7.52. The third-order valence-corrected chi connectivity index (χ3v) is 3.28. The van der Waals surface area contributed by atoms with Crippen LogP contribution in [0.5, 0.6) is 5.75 Å². The standard InChI is InChI=1S/C18H22N2O2/c21-15-20-11-10-19-12-13-22-18-9-5-4-8-17(18)14-16-6-2-1-3-7-16/h1-9,15,19H,10-14H2,(H,20,21).